The lowest BCUT2D eigenvalue weighted by atomic mass is 9.97. The van der Waals surface area contributed by atoms with Gasteiger partial charge < -0.3 is 15.1 Å². The summed E-state index contributed by atoms with van der Waals surface area (Å²) < 4.78 is 0. The Hall–Kier alpha value is -3.12. The molecule has 1 aliphatic heterocycles. The number of hydrogen-bond donors (Lipinski definition) is 1. The minimum Gasteiger partial charge on any atom is -0.372 e. The highest BCUT2D eigenvalue weighted by Crippen LogP contribution is 2.25. The molecule has 6 nitrogen and oxygen atoms in total. The van der Waals surface area contributed by atoms with Crippen molar-refractivity contribution in [1.29, 1.82) is 0 Å². The number of carbonyl (C=O) groups is 1. The molecule has 1 N–H and O–H groups in total. The number of amides is 1. The van der Waals surface area contributed by atoms with Crippen molar-refractivity contribution in [2.75, 3.05) is 41.3 Å². The fraction of sp³-hybridized carbons (Fsp3) is 0.346. The molecule has 3 aromatic rings. The highest BCUT2D eigenvalue weighted by Gasteiger charge is 2.27. The lowest BCUT2D eigenvalue weighted by molar-refractivity contribution is -0.120. The zero-order valence-corrected chi connectivity index (χ0v) is 19.9. The van der Waals surface area contributed by atoms with Gasteiger partial charge in [0.2, 0.25) is 5.91 Å². The van der Waals surface area contributed by atoms with Gasteiger partial charge in [-0.2, -0.15) is 0 Å². The summed E-state index contributed by atoms with van der Waals surface area (Å²) in [7, 11) is 0. The van der Waals surface area contributed by atoms with E-state index in [-0.39, 0.29) is 11.8 Å². The van der Waals surface area contributed by atoms with Gasteiger partial charge in [0, 0.05) is 48.1 Å². The predicted octanol–water partition coefficient (Wildman–Crippen LogP) is 5.50. The summed E-state index contributed by atoms with van der Waals surface area (Å²) in [6.45, 7) is 7.72. The van der Waals surface area contributed by atoms with Crippen LogP contribution in [-0.2, 0) is 4.79 Å². The molecule has 7 heteroatoms. The first-order valence-corrected chi connectivity index (χ1v) is 12.0. The molecule has 1 atom stereocenters. The summed E-state index contributed by atoms with van der Waals surface area (Å²) in [5, 5.41) is 12.6. The molecule has 1 aromatic heterocycles. The Kier molecular flexibility index (Phi) is 7.45. The third-order valence-corrected chi connectivity index (χ3v) is 6.42. The van der Waals surface area contributed by atoms with Gasteiger partial charge in [-0.15, -0.1) is 10.2 Å². The van der Waals surface area contributed by atoms with Crippen LogP contribution >= 0.6 is 11.6 Å². The van der Waals surface area contributed by atoms with Crippen LogP contribution in [0.25, 0.3) is 11.3 Å². The Bertz CT molecular complexity index is 1050. The smallest absolute Gasteiger partial charge is 0.229 e. The van der Waals surface area contributed by atoms with Crippen LogP contribution in [0.5, 0.6) is 0 Å². The summed E-state index contributed by atoms with van der Waals surface area (Å²) in [6, 6.07) is 19.6. The summed E-state index contributed by atoms with van der Waals surface area (Å²) in [4.78, 5) is 17.4. The third-order valence-electron chi connectivity index (χ3n) is 6.17. The van der Waals surface area contributed by atoms with Gasteiger partial charge in [-0.3, -0.25) is 4.79 Å². The maximum atomic E-state index is 12.9. The van der Waals surface area contributed by atoms with Crippen molar-refractivity contribution >= 4 is 34.7 Å². The van der Waals surface area contributed by atoms with Crippen molar-refractivity contribution < 1.29 is 4.79 Å². The fourth-order valence-corrected chi connectivity index (χ4v) is 4.38. The summed E-state index contributed by atoms with van der Waals surface area (Å²) in [5.74, 6) is 0.772. The number of benzene rings is 2. The minimum absolute atomic E-state index is 0.0565. The van der Waals surface area contributed by atoms with E-state index in [0.717, 1.165) is 55.2 Å². The normalized spacial score (nSPS) is 15.8. The van der Waals surface area contributed by atoms with E-state index in [9.17, 15) is 4.79 Å². The van der Waals surface area contributed by atoms with E-state index in [4.69, 9.17) is 11.6 Å². The molecule has 0 aliphatic carbocycles. The van der Waals surface area contributed by atoms with E-state index in [2.05, 4.69) is 51.3 Å². The molecule has 1 unspecified atom stereocenters. The first-order valence-electron chi connectivity index (χ1n) is 11.6. The summed E-state index contributed by atoms with van der Waals surface area (Å²) in [6.07, 6.45) is 1.82. The number of nitrogens with zero attached hydrogens (tertiary/aromatic N) is 4. The van der Waals surface area contributed by atoms with Crippen molar-refractivity contribution in [3.63, 3.8) is 0 Å². The van der Waals surface area contributed by atoms with Crippen LogP contribution in [0.4, 0.5) is 17.2 Å². The van der Waals surface area contributed by atoms with Crippen molar-refractivity contribution in [2.24, 2.45) is 5.92 Å². The number of rotatable bonds is 7. The van der Waals surface area contributed by atoms with Crippen molar-refractivity contribution in [2.45, 2.75) is 26.7 Å². The average Bonchev–Trinajstić information content (AvgIpc) is 2.86. The molecule has 0 spiro atoms. The van der Waals surface area contributed by atoms with Crippen LogP contribution in [0.2, 0.25) is 5.02 Å². The largest absolute Gasteiger partial charge is 0.372 e. The molecule has 2 heterocycles. The van der Waals surface area contributed by atoms with Crippen LogP contribution in [0.3, 0.4) is 0 Å². The number of carbonyl (C=O) groups excluding carboxylic acids is 1. The van der Waals surface area contributed by atoms with E-state index in [1.165, 1.54) is 5.69 Å². The lowest BCUT2D eigenvalue weighted by Gasteiger charge is -2.32. The summed E-state index contributed by atoms with van der Waals surface area (Å²) in [5.41, 5.74) is 3.78. The Balaban J connectivity index is 1.37. The van der Waals surface area contributed by atoms with Crippen LogP contribution < -0.4 is 15.1 Å². The monoisotopic (exact) mass is 463 g/mol. The molecule has 4 rings (SSSR count). The maximum Gasteiger partial charge on any atom is 0.229 e. The average molecular weight is 464 g/mol. The second-order valence-corrected chi connectivity index (χ2v) is 8.71. The second-order valence-electron chi connectivity index (χ2n) is 8.28. The highest BCUT2D eigenvalue weighted by molar-refractivity contribution is 6.30. The van der Waals surface area contributed by atoms with Gasteiger partial charge in [0.25, 0.3) is 0 Å². The molecule has 1 aliphatic rings. The summed E-state index contributed by atoms with van der Waals surface area (Å²) >= 11 is 5.97. The van der Waals surface area contributed by atoms with E-state index in [0.29, 0.717) is 11.6 Å². The van der Waals surface area contributed by atoms with Gasteiger partial charge in [-0.1, -0.05) is 23.7 Å². The fourth-order valence-electron chi connectivity index (χ4n) is 4.26. The predicted molar refractivity (Wildman–Crippen MR) is 136 cm³/mol. The zero-order chi connectivity index (χ0) is 23.2. The van der Waals surface area contributed by atoms with E-state index in [1.807, 2.05) is 48.5 Å². The molecular weight excluding hydrogens is 434 g/mol. The molecule has 1 fully saturated rings. The third kappa shape index (κ3) is 5.63. The van der Waals surface area contributed by atoms with E-state index >= 15 is 0 Å². The SMILES string of the molecule is CCN(CC)c1ccc(NC(=O)C2CCCN(c3ccc(-c4ccc(Cl)cc4)nn3)C2)cc1. The first-order chi connectivity index (χ1) is 16.1. The van der Waals surface area contributed by atoms with Crippen molar-refractivity contribution in [1.82, 2.24) is 10.2 Å². The molecule has 33 heavy (non-hydrogen) atoms. The zero-order valence-electron chi connectivity index (χ0n) is 19.2. The standard InChI is InChI=1S/C26H30ClN5O/c1-3-31(4-2)23-13-11-22(12-14-23)28-26(33)20-6-5-17-32(18-20)25-16-15-24(29-30-25)19-7-9-21(27)10-8-19/h7-16,20H,3-6,17-18H2,1-2H3,(H,28,33). The highest BCUT2D eigenvalue weighted by atomic mass is 35.5. The number of halogens is 1. The molecular formula is C26H30ClN5O. The van der Waals surface area contributed by atoms with Crippen LogP contribution in [0, 0.1) is 5.92 Å². The number of nitrogens with one attached hydrogen (secondary N) is 1. The van der Waals surface area contributed by atoms with Crippen LogP contribution in [0.15, 0.2) is 60.7 Å². The molecule has 1 saturated heterocycles. The molecule has 172 valence electrons. The van der Waals surface area contributed by atoms with E-state index < -0.39 is 0 Å². The second kappa shape index (κ2) is 10.7. The molecule has 2 aromatic carbocycles. The van der Waals surface area contributed by atoms with Crippen molar-refractivity contribution in [3.8, 4) is 11.3 Å². The number of piperidine rings is 1. The molecule has 0 radical (unpaired) electrons. The maximum absolute atomic E-state index is 12.9. The Morgan fingerprint density at radius 1 is 1.03 bits per heavy atom. The number of anilines is 3. The molecule has 0 saturated carbocycles. The van der Waals surface area contributed by atoms with Gasteiger partial charge in [-0.25, -0.2) is 0 Å². The van der Waals surface area contributed by atoms with Gasteiger partial charge in [0.1, 0.15) is 0 Å². The Morgan fingerprint density at radius 3 is 2.39 bits per heavy atom. The van der Waals surface area contributed by atoms with E-state index in [1.54, 1.807) is 0 Å². The molecule has 1 amide bonds. The number of aromatic nitrogens is 2. The van der Waals surface area contributed by atoms with Gasteiger partial charge in [0.05, 0.1) is 11.6 Å². The van der Waals surface area contributed by atoms with Gasteiger partial charge >= 0.3 is 0 Å². The van der Waals surface area contributed by atoms with Crippen molar-refractivity contribution in [3.05, 3.63) is 65.7 Å². The lowest BCUT2D eigenvalue weighted by Crippen LogP contribution is -2.41. The quantitative estimate of drug-likeness (QED) is 0.501. The Labute approximate surface area is 200 Å². The number of hydrogen-bond acceptors (Lipinski definition) is 5. The first kappa shape index (κ1) is 23.1. The molecule has 0 bridgehead atoms. The van der Waals surface area contributed by atoms with Crippen LogP contribution in [-0.4, -0.2) is 42.3 Å². The van der Waals surface area contributed by atoms with Crippen LogP contribution in [0.1, 0.15) is 26.7 Å². The minimum atomic E-state index is -0.0843. The Morgan fingerprint density at radius 2 is 1.76 bits per heavy atom. The topological polar surface area (TPSA) is 61.4 Å². The van der Waals surface area contributed by atoms with Gasteiger partial charge in [0.15, 0.2) is 5.82 Å². The van der Waals surface area contributed by atoms with Gasteiger partial charge in [-0.05, 0) is 75.2 Å².